The lowest BCUT2D eigenvalue weighted by atomic mass is 10.3. The maximum absolute atomic E-state index is 5.23. The topological polar surface area (TPSA) is 25.4 Å². The molecule has 0 spiro atoms. The number of anilines is 1. The van der Waals surface area contributed by atoms with Crippen LogP contribution >= 0.6 is 27.3 Å². The van der Waals surface area contributed by atoms with Gasteiger partial charge in [0.25, 0.3) is 0 Å². The Morgan fingerprint density at radius 3 is 2.71 bits per heavy atom. The Balaban J connectivity index is 2.79. The first-order chi connectivity index (χ1) is 6.69. The minimum absolute atomic E-state index is 0.777. The average Bonchev–Trinajstić information content (AvgIpc) is 2.57. The molecule has 3 nitrogen and oxygen atoms in total. The van der Waals surface area contributed by atoms with Crippen molar-refractivity contribution in [3.63, 3.8) is 0 Å². The average molecular weight is 279 g/mol. The van der Waals surface area contributed by atoms with Gasteiger partial charge in [0, 0.05) is 19.4 Å². The first-order valence-electron chi connectivity index (χ1n) is 4.46. The fraction of sp³-hybridized carbons (Fsp3) is 0.667. The Hall–Kier alpha value is -0.290. The molecule has 0 bridgehead atoms. The van der Waals surface area contributed by atoms with Crippen molar-refractivity contribution in [2.24, 2.45) is 0 Å². The maximum Gasteiger partial charge on any atom is 0.229 e. The van der Waals surface area contributed by atoms with E-state index >= 15 is 0 Å². The van der Waals surface area contributed by atoms with Crippen molar-refractivity contribution in [3.05, 3.63) is 4.88 Å². The van der Waals surface area contributed by atoms with Crippen LogP contribution in [0.25, 0.3) is 0 Å². The molecule has 5 heteroatoms. The summed E-state index contributed by atoms with van der Waals surface area (Å²) < 4.78 is 5.23. The van der Waals surface area contributed by atoms with E-state index in [0.717, 1.165) is 29.2 Å². The van der Waals surface area contributed by atoms with Crippen LogP contribution in [0.1, 0.15) is 11.3 Å². The molecular weight excluding hydrogens is 264 g/mol. The third kappa shape index (κ3) is 2.85. The van der Waals surface area contributed by atoms with Crippen molar-refractivity contribution in [2.75, 3.05) is 31.4 Å². The Kier molecular flexibility index (Phi) is 4.68. The molecule has 0 aromatic carbocycles. The quantitative estimate of drug-likeness (QED) is 0.774. The summed E-state index contributed by atoms with van der Waals surface area (Å²) in [6.07, 6.45) is 2.14. The van der Waals surface area contributed by atoms with Gasteiger partial charge in [0.1, 0.15) is 0 Å². The molecule has 1 rings (SSSR count). The highest BCUT2D eigenvalue weighted by Gasteiger charge is 2.12. The van der Waals surface area contributed by atoms with Crippen LogP contribution in [0.15, 0.2) is 0 Å². The number of ether oxygens (including phenoxy) is 1. The summed E-state index contributed by atoms with van der Waals surface area (Å²) in [4.78, 5) is 7.62. The van der Waals surface area contributed by atoms with E-state index in [4.69, 9.17) is 4.74 Å². The largest absolute Gasteiger partial charge is 0.480 e. The number of aryl methyl sites for hydroxylation is 1. The Morgan fingerprint density at radius 1 is 1.50 bits per heavy atom. The maximum atomic E-state index is 5.23. The number of hydrogen-bond acceptors (Lipinski definition) is 4. The van der Waals surface area contributed by atoms with Crippen LogP contribution in [0.3, 0.4) is 0 Å². The monoisotopic (exact) mass is 278 g/mol. The van der Waals surface area contributed by atoms with Crippen LogP contribution in [-0.4, -0.2) is 31.5 Å². The lowest BCUT2D eigenvalue weighted by Crippen LogP contribution is -2.07. The molecule has 0 aliphatic heterocycles. The fourth-order valence-corrected chi connectivity index (χ4v) is 2.34. The Labute approximate surface area is 97.2 Å². The van der Waals surface area contributed by atoms with E-state index in [-0.39, 0.29) is 0 Å². The van der Waals surface area contributed by atoms with E-state index in [0.29, 0.717) is 0 Å². The Bertz CT molecular complexity index is 288. The molecule has 80 valence electrons. The fourth-order valence-electron chi connectivity index (χ4n) is 1.06. The highest BCUT2D eigenvalue weighted by atomic mass is 79.9. The second-order valence-corrected chi connectivity index (χ2v) is 4.97. The van der Waals surface area contributed by atoms with Crippen molar-refractivity contribution in [3.8, 4) is 5.88 Å². The summed E-state index contributed by atoms with van der Waals surface area (Å²) in [6, 6.07) is 0. The summed E-state index contributed by atoms with van der Waals surface area (Å²) in [5, 5.41) is 2.03. The van der Waals surface area contributed by atoms with Gasteiger partial charge in [0.2, 0.25) is 5.88 Å². The van der Waals surface area contributed by atoms with E-state index in [1.807, 2.05) is 19.0 Å². The van der Waals surface area contributed by atoms with Crippen LogP contribution in [0.2, 0.25) is 0 Å². The summed E-state index contributed by atoms with van der Waals surface area (Å²) in [6.45, 7) is 0. The Morgan fingerprint density at radius 2 is 2.21 bits per heavy atom. The minimum Gasteiger partial charge on any atom is -0.480 e. The van der Waals surface area contributed by atoms with Gasteiger partial charge in [-0.25, -0.2) is 0 Å². The number of methoxy groups -OCH3 is 1. The van der Waals surface area contributed by atoms with E-state index in [1.54, 1.807) is 18.4 Å². The van der Waals surface area contributed by atoms with E-state index in [1.165, 1.54) is 4.88 Å². The van der Waals surface area contributed by atoms with Crippen LogP contribution in [-0.2, 0) is 6.42 Å². The number of hydrogen-bond donors (Lipinski definition) is 0. The molecule has 1 heterocycles. The molecule has 1 aromatic rings. The normalized spacial score (nSPS) is 10.3. The van der Waals surface area contributed by atoms with Gasteiger partial charge >= 0.3 is 0 Å². The number of thiazole rings is 1. The zero-order chi connectivity index (χ0) is 10.6. The van der Waals surface area contributed by atoms with Crippen LogP contribution in [0.5, 0.6) is 5.88 Å². The number of aromatic nitrogens is 1. The molecule has 0 aliphatic carbocycles. The van der Waals surface area contributed by atoms with E-state index < -0.39 is 0 Å². The molecule has 0 radical (unpaired) electrons. The molecule has 1 aromatic heterocycles. The highest BCUT2D eigenvalue weighted by molar-refractivity contribution is 9.09. The second-order valence-electron chi connectivity index (χ2n) is 3.12. The molecule has 0 N–H and O–H groups in total. The van der Waals surface area contributed by atoms with Crippen LogP contribution in [0, 0.1) is 0 Å². The second kappa shape index (κ2) is 5.56. The zero-order valence-corrected chi connectivity index (χ0v) is 11.1. The van der Waals surface area contributed by atoms with Crippen LogP contribution < -0.4 is 9.64 Å². The minimum atomic E-state index is 0.777. The standard InChI is InChI=1S/C9H15BrN2OS/c1-12(2)9-11-8(13-3)7(14-9)5-4-6-10/h4-6H2,1-3H3. The van der Waals surface area contributed by atoms with Gasteiger partial charge in [-0.1, -0.05) is 27.3 Å². The first-order valence-corrected chi connectivity index (χ1v) is 6.39. The number of nitrogens with zero attached hydrogens (tertiary/aromatic N) is 2. The van der Waals surface area contributed by atoms with E-state index in [9.17, 15) is 0 Å². The third-order valence-electron chi connectivity index (χ3n) is 1.76. The molecule has 0 fully saturated rings. The molecular formula is C9H15BrN2OS. The number of rotatable bonds is 5. The van der Waals surface area contributed by atoms with Gasteiger partial charge in [0.05, 0.1) is 12.0 Å². The van der Waals surface area contributed by atoms with Crippen molar-refractivity contribution in [1.82, 2.24) is 4.98 Å². The zero-order valence-electron chi connectivity index (χ0n) is 8.71. The summed E-state index contributed by atoms with van der Waals surface area (Å²) in [5.41, 5.74) is 0. The smallest absolute Gasteiger partial charge is 0.229 e. The number of halogens is 1. The SMILES string of the molecule is COc1nc(N(C)C)sc1CCCBr. The molecule has 0 amide bonds. The molecule has 0 unspecified atom stereocenters. The van der Waals surface area contributed by atoms with Gasteiger partial charge in [-0.2, -0.15) is 4.98 Å². The van der Waals surface area contributed by atoms with E-state index in [2.05, 4.69) is 20.9 Å². The summed E-state index contributed by atoms with van der Waals surface area (Å²) >= 11 is 5.12. The lowest BCUT2D eigenvalue weighted by molar-refractivity contribution is 0.396. The van der Waals surface area contributed by atoms with Gasteiger partial charge < -0.3 is 9.64 Å². The molecule has 14 heavy (non-hydrogen) atoms. The summed E-state index contributed by atoms with van der Waals surface area (Å²) in [7, 11) is 5.66. The molecule has 0 saturated carbocycles. The highest BCUT2D eigenvalue weighted by Crippen LogP contribution is 2.31. The van der Waals surface area contributed by atoms with Crippen molar-refractivity contribution in [2.45, 2.75) is 12.8 Å². The van der Waals surface area contributed by atoms with Gasteiger partial charge in [-0.15, -0.1) is 0 Å². The van der Waals surface area contributed by atoms with Gasteiger partial charge in [-0.05, 0) is 12.8 Å². The summed E-state index contributed by atoms with van der Waals surface area (Å²) in [5.74, 6) is 0.777. The predicted molar refractivity (Wildman–Crippen MR) is 65.1 cm³/mol. The lowest BCUT2D eigenvalue weighted by Gasteiger charge is -2.04. The third-order valence-corrected chi connectivity index (χ3v) is 3.59. The number of alkyl halides is 1. The molecule has 0 atom stereocenters. The van der Waals surface area contributed by atoms with Crippen LogP contribution in [0.4, 0.5) is 5.13 Å². The van der Waals surface area contributed by atoms with Crippen molar-refractivity contribution >= 4 is 32.4 Å². The molecule has 0 saturated heterocycles. The predicted octanol–water partition coefficient (Wildman–Crippen LogP) is 2.55. The van der Waals surface area contributed by atoms with Crippen molar-refractivity contribution < 1.29 is 4.74 Å². The first kappa shape index (κ1) is 11.8. The van der Waals surface area contributed by atoms with Gasteiger partial charge in [0.15, 0.2) is 5.13 Å². The molecule has 0 aliphatic rings. The van der Waals surface area contributed by atoms with Gasteiger partial charge in [-0.3, -0.25) is 0 Å². The van der Waals surface area contributed by atoms with Crippen molar-refractivity contribution in [1.29, 1.82) is 0 Å².